The van der Waals surface area contributed by atoms with Gasteiger partial charge in [-0.2, -0.15) is 0 Å². The van der Waals surface area contributed by atoms with Gasteiger partial charge in [0.25, 0.3) is 0 Å². The first-order valence-corrected chi connectivity index (χ1v) is 13.5. The quantitative estimate of drug-likeness (QED) is 0.530. The number of imidazole rings is 1. The van der Waals surface area contributed by atoms with Crippen LogP contribution in [0.2, 0.25) is 0 Å². The minimum atomic E-state index is 0.0138. The van der Waals surface area contributed by atoms with Crippen LogP contribution in [-0.2, 0) is 29.2 Å². The Labute approximate surface area is 218 Å². The summed E-state index contributed by atoms with van der Waals surface area (Å²) in [5, 5.41) is 3.51. The van der Waals surface area contributed by atoms with Crippen molar-refractivity contribution >= 4 is 28.8 Å². The van der Waals surface area contributed by atoms with Gasteiger partial charge in [0.1, 0.15) is 11.6 Å². The molecule has 1 aliphatic carbocycles. The second kappa shape index (κ2) is 9.82. The highest BCUT2D eigenvalue weighted by molar-refractivity contribution is 6.00. The fraction of sp³-hybridized carbons (Fsp3) is 0.483. The predicted octanol–water partition coefficient (Wildman–Crippen LogP) is 5.22. The molecule has 194 valence electrons. The van der Waals surface area contributed by atoms with Crippen molar-refractivity contribution in [3.05, 3.63) is 59.8 Å². The summed E-state index contributed by atoms with van der Waals surface area (Å²) in [6.07, 6.45) is 7.68. The minimum absolute atomic E-state index is 0.0138. The molecular formula is C29H36N6O2. The van der Waals surface area contributed by atoms with Gasteiger partial charge in [-0.3, -0.25) is 4.79 Å². The summed E-state index contributed by atoms with van der Waals surface area (Å²) in [6.45, 7) is 7.54. The number of anilines is 4. The van der Waals surface area contributed by atoms with Gasteiger partial charge in [-0.05, 0) is 49.9 Å². The Morgan fingerprint density at radius 3 is 2.70 bits per heavy atom. The predicted molar refractivity (Wildman–Crippen MR) is 145 cm³/mol. The van der Waals surface area contributed by atoms with Crippen molar-refractivity contribution in [1.29, 1.82) is 0 Å². The molecule has 3 aromatic rings. The lowest BCUT2D eigenvalue weighted by Gasteiger charge is -2.34. The van der Waals surface area contributed by atoms with Gasteiger partial charge in [-0.15, -0.1) is 0 Å². The number of hydrogen-bond donors (Lipinski definition) is 1. The number of hydrogen-bond acceptors (Lipinski definition) is 6. The van der Waals surface area contributed by atoms with Crippen molar-refractivity contribution in [2.75, 3.05) is 28.8 Å². The van der Waals surface area contributed by atoms with Crippen LogP contribution in [0.15, 0.2) is 42.7 Å². The molecule has 37 heavy (non-hydrogen) atoms. The third-order valence-corrected chi connectivity index (χ3v) is 8.16. The number of benzene rings is 1. The Hall–Kier alpha value is -3.39. The number of nitrogens with zero attached hydrogens (tertiary/aromatic N) is 5. The molecule has 2 aliphatic heterocycles. The van der Waals surface area contributed by atoms with Crippen molar-refractivity contribution in [2.24, 2.45) is 5.92 Å². The molecule has 4 heterocycles. The number of fused-ring (bicyclic) bond motifs is 3. The van der Waals surface area contributed by atoms with Crippen LogP contribution in [0, 0.1) is 5.92 Å². The molecule has 1 fully saturated rings. The number of aromatic nitrogens is 3. The molecule has 1 N–H and O–H groups in total. The highest BCUT2D eigenvalue weighted by Crippen LogP contribution is 2.40. The van der Waals surface area contributed by atoms with Gasteiger partial charge in [0.05, 0.1) is 42.5 Å². The molecule has 0 bridgehead atoms. The van der Waals surface area contributed by atoms with E-state index in [4.69, 9.17) is 4.74 Å². The Bertz CT molecular complexity index is 1290. The van der Waals surface area contributed by atoms with Crippen molar-refractivity contribution in [3.8, 4) is 0 Å². The standard InChI is InChI=1S/C29H36N6O2/c1-19(2)28-31-16-23-18-33(13-14-34(23)28)22-8-11-25-26(15-22)35(17-21-5-4-12-30-27(21)32-25)29(36)20-6-9-24(37-3)10-7-20/h4-5,8,11-12,15-16,19-20,24H,6-7,9-10,13-14,17-18H2,1-3H3,(H,30,32). The van der Waals surface area contributed by atoms with E-state index in [2.05, 4.69) is 62.9 Å². The number of methoxy groups -OCH3 is 1. The number of amides is 1. The van der Waals surface area contributed by atoms with E-state index in [0.29, 0.717) is 12.5 Å². The molecule has 8 nitrogen and oxygen atoms in total. The summed E-state index contributed by atoms with van der Waals surface area (Å²) in [4.78, 5) is 27.6. The number of carbonyl (C=O) groups excluding carboxylic acids is 1. The Morgan fingerprint density at radius 1 is 1.08 bits per heavy atom. The van der Waals surface area contributed by atoms with E-state index in [9.17, 15) is 4.79 Å². The Morgan fingerprint density at radius 2 is 1.92 bits per heavy atom. The largest absolute Gasteiger partial charge is 0.381 e. The van der Waals surface area contributed by atoms with Crippen LogP contribution < -0.4 is 15.1 Å². The summed E-state index contributed by atoms with van der Waals surface area (Å²) in [6, 6.07) is 10.4. The molecule has 0 atom stereocenters. The fourth-order valence-electron chi connectivity index (χ4n) is 6.06. The number of ether oxygens (including phenoxy) is 1. The van der Waals surface area contributed by atoms with Crippen molar-refractivity contribution in [1.82, 2.24) is 14.5 Å². The highest BCUT2D eigenvalue weighted by atomic mass is 16.5. The molecule has 8 heteroatoms. The molecule has 0 unspecified atom stereocenters. The van der Waals surface area contributed by atoms with Crippen LogP contribution in [0.1, 0.15) is 62.5 Å². The molecule has 3 aliphatic rings. The van der Waals surface area contributed by atoms with E-state index >= 15 is 0 Å². The van der Waals surface area contributed by atoms with Gasteiger partial charge in [-0.1, -0.05) is 19.9 Å². The average molecular weight is 501 g/mol. The number of nitrogens with one attached hydrogen (secondary N) is 1. The maximum absolute atomic E-state index is 14.0. The topological polar surface area (TPSA) is 75.5 Å². The van der Waals surface area contributed by atoms with E-state index < -0.39 is 0 Å². The molecule has 1 amide bonds. The molecular weight excluding hydrogens is 464 g/mol. The number of carbonyl (C=O) groups is 1. The van der Waals surface area contributed by atoms with Gasteiger partial charge < -0.3 is 24.4 Å². The fourth-order valence-corrected chi connectivity index (χ4v) is 6.06. The summed E-state index contributed by atoms with van der Waals surface area (Å²) >= 11 is 0. The third kappa shape index (κ3) is 4.48. The lowest BCUT2D eigenvalue weighted by Crippen LogP contribution is -2.38. The smallest absolute Gasteiger partial charge is 0.230 e. The normalized spacial score (nSPS) is 21.1. The van der Waals surface area contributed by atoms with E-state index in [1.807, 2.05) is 17.2 Å². The third-order valence-electron chi connectivity index (χ3n) is 8.16. The summed E-state index contributed by atoms with van der Waals surface area (Å²) in [7, 11) is 1.77. The van der Waals surface area contributed by atoms with E-state index in [1.165, 1.54) is 5.69 Å². The molecule has 2 aromatic heterocycles. The first-order valence-electron chi connectivity index (χ1n) is 13.5. The molecule has 1 saturated carbocycles. The van der Waals surface area contributed by atoms with Gasteiger partial charge in [0.15, 0.2) is 0 Å². The van der Waals surface area contributed by atoms with Gasteiger partial charge in [0.2, 0.25) is 5.91 Å². The number of pyridine rings is 1. The van der Waals surface area contributed by atoms with Crippen LogP contribution >= 0.6 is 0 Å². The first-order chi connectivity index (χ1) is 18.0. The van der Waals surface area contributed by atoms with Crippen molar-refractivity contribution < 1.29 is 9.53 Å². The van der Waals surface area contributed by atoms with Crippen LogP contribution in [0.5, 0.6) is 0 Å². The summed E-state index contributed by atoms with van der Waals surface area (Å²) < 4.78 is 7.92. The maximum Gasteiger partial charge on any atom is 0.230 e. The second-order valence-corrected chi connectivity index (χ2v) is 10.8. The SMILES string of the molecule is COC1CCC(C(=O)N2Cc3cccnc3Nc3ccc(N4CCn5c(cnc5C(C)C)C4)cc32)CC1. The molecule has 0 spiro atoms. The van der Waals surface area contributed by atoms with E-state index in [0.717, 1.165) is 79.6 Å². The average Bonchev–Trinajstić information content (AvgIpc) is 3.28. The van der Waals surface area contributed by atoms with Crippen molar-refractivity contribution in [3.63, 3.8) is 0 Å². The zero-order chi connectivity index (χ0) is 25.5. The summed E-state index contributed by atoms with van der Waals surface area (Å²) in [5.74, 6) is 2.60. The Balaban J connectivity index is 1.32. The monoisotopic (exact) mass is 500 g/mol. The van der Waals surface area contributed by atoms with Crippen molar-refractivity contribution in [2.45, 2.75) is 71.2 Å². The van der Waals surface area contributed by atoms with Crippen LogP contribution in [0.4, 0.5) is 22.9 Å². The van der Waals surface area contributed by atoms with Crippen LogP contribution in [0.3, 0.4) is 0 Å². The van der Waals surface area contributed by atoms with Crippen LogP contribution in [-0.4, -0.2) is 40.2 Å². The highest BCUT2D eigenvalue weighted by Gasteiger charge is 2.33. The zero-order valence-corrected chi connectivity index (χ0v) is 22.0. The van der Waals surface area contributed by atoms with Crippen LogP contribution in [0.25, 0.3) is 0 Å². The molecule has 6 rings (SSSR count). The number of rotatable bonds is 4. The first kappa shape index (κ1) is 24.0. The minimum Gasteiger partial charge on any atom is -0.381 e. The summed E-state index contributed by atoms with van der Waals surface area (Å²) in [5.41, 5.74) is 5.24. The lowest BCUT2D eigenvalue weighted by atomic mass is 9.86. The van der Waals surface area contributed by atoms with E-state index in [1.54, 1.807) is 13.3 Å². The van der Waals surface area contributed by atoms with Gasteiger partial charge >= 0.3 is 0 Å². The maximum atomic E-state index is 14.0. The van der Waals surface area contributed by atoms with Gasteiger partial charge in [-0.25, -0.2) is 9.97 Å². The zero-order valence-electron chi connectivity index (χ0n) is 22.0. The van der Waals surface area contributed by atoms with E-state index in [-0.39, 0.29) is 17.9 Å². The lowest BCUT2D eigenvalue weighted by molar-refractivity contribution is -0.124. The molecule has 1 aromatic carbocycles. The van der Waals surface area contributed by atoms with Gasteiger partial charge in [0, 0.05) is 49.5 Å². The molecule has 0 radical (unpaired) electrons. The second-order valence-electron chi connectivity index (χ2n) is 10.8. The molecule has 0 saturated heterocycles. The Kier molecular flexibility index (Phi) is 6.36.